The first kappa shape index (κ1) is 16.3. The fourth-order valence-corrected chi connectivity index (χ4v) is 4.22. The molecule has 2 aliphatic rings. The van der Waals surface area contributed by atoms with Crippen molar-refractivity contribution < 1.29 is 9.59 Å². The van der Waals surface area contributed by atoms with E-state index in [0.29, 0.717) is 18.2 Å². The smallest absolute Gasteiger partial charge is 0.223 e. The molecule has 0 N–H and O–H groups in total. The van der Waals surface area contributed by atoms with E-state index < -0.39 is 0 Å². The van der Waals surface area contributed by atoms with Crippen LogP contribution in [0.3, 0.4) is 0 Å². The fraction of sp³-hybridized carbons (Fsp3) is 0.444. The molecule has 4 rings (SSSR count). The molecule has 1 aromatic heterocycles. The van der Waals surface area contributed by atoms with Crippen molar-refractivity contribution in [2.45, 2.75) is 49.6 Å². The lowest BCUT2D eigenvalue weighted by Crippen LogP contribution is -2.25. The highest BCUT2D eigenvalue weighted by molar-refractivity contribution is 8.00. The number of Topliss-reactive ketones (excluding diaryl/α,β-unsaturated/α-hetero) is 1. The van der Waals surface area contributed by atoms with Crippen LogP contribution >= 0.6 is 11.8 Å². The molecule has 0 radical (unpaired) electrons. The number of hydrogen-bond donors (Lipinski definition) is 0. The van der Waals surface area contributed by atoms with Crippen LogP contribution in [-0.2, 0) is 11.2 Å². The van der Waals surface area contributed by atoms with Gasteiger partial charge in [0.05, 0.1) is 5.25 Å². The Morgan fingerprint density at radius 3 is 2.84 bits per heavy atom. The molecule has 130 valence electrons. The number of aromatic nitrogens is 3. The number of nitrogens with zero attached hydrogens (tertiary/aromatic N) is 4. The summed E-state index contributed by atoms with van der Waals surface area (Å²) in [5.74, 6) is 0.126. The SMILES string of the molecule is CC(=O)N1CCc2cc(C(=O)[C@H](C)Sc3nncn3C3CC3)ccc21. The standard InChI is InChI=1S/C18H20N4O2S/c1-11(25-18-20-19-10-22(18)15-4-5-15)17(24)14-3-6-16-13(9-14)7-8-21(16)12(2)23/h3,6,9-11,15H,4-5,7-8H2,1-2H3/t11-/m0/s1. The van der Waals surface area contributed by atoms with E-state index in [0.717, 1.165) is 35.7 Å². The highest BCUT2D eigenvalue weighted by Gasteiger charge is 2.29. The van der Waals surface area contributed by atoms with E-state index in [2.05, 4.69) is 14.8 Å². The molecule has 6 nitrogen and oxygen atoms in total. The van der Waals surface area contributed by atoms with Gasteiger partial charge in [0.25, 0.3) is 0 Å². The van der Waals surface area contributed by atoms with Gasteiger partial charge < -0.3 is 9.47 Å². The van der Waals surface area contributed by atoms with E-state index in [1.54, 1.807) is 18.2 Å². The number of benzene rings is 1. The minimum Gasteiger partial charge on any atom is -0.312 e. The fourth-order valence-electron chi connectivity index (χ4n) is 3.25. The van der Waals surface area contributed by atoms with Crippen LogP contribution < -0.4 is 4.90 Å². The Balaban J connectivity index is 1.51. The second-order valence-corrected chi connectivity index (χ2v) is 7.95. The predicted molar refractivity (Wildman–Crippen MR) is 96.1 cm³/mol. The molecule has 1 aromatic carbocycles. The number of fused-ring (bicyclic) bond motifs is 1. The predicted octanol–water partition coefficient (Wildman–Crippen LogP) is 2.89. The number of thioether (sulfide) groups is 1. The quantitative estimate of drug-likeness (QED) is 0.609. The minimum atomic E-state index is -0.231. The molecule has 1 aliphatic carbocycles. The Bertz CT molecular complexity index is 843. The molecule has 2 aromatic rings. The third kappa shape index (κ3) is 3.08. The maximum atomic E-state index is 12.8. The molecular formula is C18H20N4O2S. The second kappa shape index (κ2) is 6.29. The molecule has 25 heavy (non-hydrogen) atoms. The average molecular weight is 356 g/mol. The van der Waals surface area contributed by atoms with Crippen LogP contribution in [-0.4, -0.2) is 38.2 Å². The number of hydrogen-bond acceptors (Lipinski definition) is 5. The van der Waals surface area contributed by atoms with Crippen molar-refractivity contribution in [2.24, 2.45) is 0 Å². The third-order valence-electron chi connectivity index (χ3n) is 4.77. The molecule has 0 bridgehead atoms. The van der Waals surface area contributed by atoms with Crippen LogP contribution in [0.4, 0.5) is 5.69 Å². The second-order valence-electron chi connectivity index (χ2n) is 6.64. The van der Waals surface area contributed by atoms with Gasteiger partial charge in [0.2, 0.25) is 5.91 Å². The number of rotatable bonds is 5. The zero-order valence-electron chi connectivity index (χ0n) is 14.3. The Morgan fingerprint density at radius 1 is 1.32 bits per heavy atom. The average Bonchev–Trinajstić information content (AvgIpc) is 3.18. The lowest BCUT2D eigenvalue weighted by atomic mass is 10.0. The van der Waals surface area contributed by atoms with Gasteiger partial charge in [0.1, 0.15) is 6.33 Å². The Hall–Kier alpha value is -2.15. The number of carbonyl (C=O) groups is 2. The monoisotopic (exact) mass is 356 g/mol. The minimum absolute atomic E-state index is 0.0427. The lowest BCUT2D eigenvalue weighted by molar-refractivity contribution is -0.116. The summed E-state index contributed by atoms with van der Waals surface area (Å²) in [5.41, 5.74) is 2.69. The van der Waals surface area contributed by atoms with Gasteiger partial charge in [0.15, 0.2) is 10.9 Å². The van der Waals surface area contributed by atoms with Gasteiger partial charge in [-0.2, -0.15) is 0 Å². The number of carbonyl (C=O) groups excluding carboxylic acids is 2. The van der Waals surface area contributed by atoms with Crippen molar-refractivity contribution in [1.29, 1.82) is 0 Å². The third-order valence-corrected chi connectivity index (χ3v) is 5.84. The largest absolute Gasteiger partial charge is 0.312 e. The van der Waals surface area contributed by atoms with Crippen LogP contribution in [0.5, 0.6) is 0 Å². The van der Waals surface area contributed by atoms with Crippen molar-refractivity contribution >= 4 is 29.1 Å². The first-order valence-corrected chi connectivity index (χ1v) is 9.44. The molecule has 1 fully saturated rings. The normalized spacial score (nSPS) is 17.4. The van der Waals surface area contributed by atoms with E-state index in [-0.39, 0.29) is 16.9 Å². The van der Waals surface area contributed by atoms with Crippen molar-refractivity contribution in [3.8, 4) is 0 Å². The Kier molecular flexibility index (Phi) is 4.11. The Morgan fingerprint density at radius 2 is 2.12 bits per heavy atom. The summed E-state index contributed by atoms with van der Waals surface area (Å²) < 4.78 is 2.07. The number of ketones is 1. The summed E-state index contributed by atoms with van der Waals surface area (Å²) in [6.45, 7) is 4.17. The highest BCUT2D eigenvalue weighted by atomic mass is 32.2. The van der Waals surface area contributed by atoms with Gasteiger partial charge in [-0.3, -0.25) is 9.59 Å². The molecule has 0 saturated heterocycles. The van der Waals surface area contributed by atoms with Gasteiger partial charge in [-0.1, -0.05) is 11.8 Å². The molecule has 1 atom stereocenters. The van der Waals surface area contributed by atoms with E-state index in [4.69, 9.17) is 0 Å². The summed E-state index contributed by atoms with van der Waals surface area (Å²) in [5, 5.41) is 8.73. The summed E-state index contributed by atoms with van der Waals surface area (Å²) in [4.78, 5) is 26.2. The zero-order chi connectivity index (χ0) is 17.6. The van der Waals surface area contributed by atoms with Gasteiger partial charge in [-0.15, -0.1) is 10.2 Å². The molecule has 1 amide bonds. The van der Waals surface area contributed by atoms with Gasteiger partial charge >= 0.3 is 0 Å². The summed E-state index contributed by atoms with van der Waals surface area (Å²) in [6, 6.07) is 6.15. The van der Waals surface area contributed by atoms with Crippen LogP contribution in [0.1, 0.15) is 48.7 Å². The van der Waals surface area contributed by atoms with Gasteiger partial charge in [0, 0.05) is 30.8 Å². The van der Waals surface area contributed by atoms with Crippen molar-refractivity contribution in [3.05, 3.63) is 35.7 Å². The number of amides is 1. The van der Waals surface area contributed by atoms with E-state index in [1.165, 1.54) is 11.8 Å². The van der Waals surface area contributed by atoms with Crippen molar-refractivity contribution in [3.63, 3.8) is 0 Å². The van der Waals surface area contributed by atoms with Crippen LogP contribution in [0.15, 0.2) is 29.7 Å². The summed E-state index contributed by atoms with van der Waals surface area (Å²) in [6.07, 6.45) is 4.87. The van der Waals surface area contributed by atoms with Crippen molar-refractivity contribution in [1.82, 2.24) is 14.8 Å². The first-order valence-electron chi connectivity index (χ1n) is 8.56. The molecule has 0 unspecified atom stereocenters. The molecule has 1 saturated carbocycles. The first-order chi connectivity index (χ1) is 12.0. The maximum Gasteiger partial charge on any atom is 0.223 e. The van der Waals surface area contributed by atoms with Crippen molar-refractivity contribution in [2.75, 3.05) is 11.4 Å². The maximum absolute atomic E-state index is 12.8. The van der Waals surface area contributed by atoms with Crippen LogP contribution in [0.25, 0.3) is 0 Å². The zero-order valence-corrected chi connectivity index (χ0v) is 15.1. The van der Waals surface area contributed by atoms with Gasteiger partial charge in [-0.25, -0.2) is 0 Å². The summed E-state index contributed by atoms with van der Waals surface area (Å²) in [7, 11) is 0. The van der Waals surface area contributed by atoms with Crippen LogP contribution in [0, 0.1) is 0 Å². The molecule has 7 heteroatoms. The topological polar surface area (TPSA) is 68.1 Å². The summed E-state index contributed by atoms with van der Waals surface area (Å²) >= 11 is 1.46. The van der Waals surface area contributed by atoms with Crippen LogP contribution in [0.2, 0.25) is 0 Å². The van der Waals surface area contributed by atoms with E-state index in [1.807, 2.05) is 25.1 Å². The van der Waals surface area contributed by atoms with E-state index in [9.17, 15) is 9.59 Å². The molecular weight excluding hydrogens is 336 g/mol. The lowest BCUT2D eigenvalue weighted by Gasteiger charge is -2.15. The molecule has 0 spiro atoms. The molecule has 2 heterocycles. The highest BCUT2D eigenvalue weighted by Crippen LogP contribution is 2.38. The molecule has 1 aliphatic heterocycles. The van der Waals surface area contributed by atoms with Gasteiger partial charge in [-0.05, 0) is 49.9 Å². The number of anilines is 1. The Labute approximate surface area is 150 Å². The van der Waals surface area contributed by atoms with E-state index >= 15 is 0 Å².